The second-order valence-electron chi connectivity index (χ2n) is 5.08. The lowest BCUT2D eigenvalue weighted by Gasteiger charge is -2.15. The van der Waals surface area contributed by atoms with Gasteiger partial charge in [0, 0.05) is 19.6 Å². The smallest absolute Gasteiger partial charge is 0.314 e. The van der Waals surface area contributed by atoms with Gasteiger partial charge in [0.2, 0.25) is 0 Å². The first-order valence-electron chi connectivity index (χ1n) is 7.03. The Kier molecular flexibility index (Phi) is 6.62. The monoisotopic (exact) mass is 271 g/mol. The molecule has 1 fully saturated rings. The number of hydrogen-bond acceptors (Lipinski definition) is 3. The lowest BCUT2D eigenvalue weighted by molar-refractivity contribution is -0.141. The minimum absolute atomic E-state index is 0.184. The SMILES string of the molecule is CCC(CNC(=O)NCC1CCN(CC)C1)C(=O)O. The van der Waals surface area contributed by atoms with Gasteiger partial charge in [-0.2, -0.15) is 0 Å². The summed E-state index contributed by atoms with van der Waals surface area (Å²) in [5, 5.41) is 14.3. The third-order valence-corrected chi connectivity index (χ3v) is 3.72. The molecule has 0 bridgehead atoms. The number of carboxylic acids is 1. The minimum Gasteiger partial charge on any atom is -0.481 e. The number of carboxylic acid groups (broad SMARTS) is 1. The maximum Gasteiger partial charge on any atom is 0.314 e. The average molecular weight is 271 g/mol. The molecule has 6 heteroatoms. The van der Waals surface area contributed by atoms with Crippen LogP contribution in [0.15, 0.2) is 0 Å². The van der Waals surface area contributed by atoms with Crippen LogP contribution in [0.25, 0.3) is 0 Å². The van der Waals surface area contributed by atoms with Gasteiger partial charge in [-0.1, -0.05) is 13.8 Å². The van der Waals surface area contributed by atoms with Crippen LogP contribution >= 0.6 is 0 Å². The molecule has 1 aliphatic heterocycles. The van der Waals surface area contributed by atoms with E-state index in [0.29, 0.717) is 18.9 Å². The first-order valence-corrected chi connectivity index (χ1v) is 7.03. The molecule has 0 saturated carbocycles. The zero-order valence-electron chi connectivity index (χ0n) is 11.8. The van der Waals surface area contributed by atoms with Crippen LogP contribution in [0.2, 0.25) is 0 Å². The van der Waals surface area contributed by atoms with Crippen molar-refractivity contribution in [3.8, 4) is 0 Å². The normalized spacial score (nSPS) is 21.1. The second-order valence-corrected chi connectivity index (χ2v) is 5.08. The molecule has 0 radical (unpaired) electrons. The highest BCUT2D eigenvalue weighted by atomic mass is 16.4. The van der Waals surface area contributed by atoms with Crippen molar-refractivity contribution in [1.82, 2.24) is 15.5 Å². The van der Waals surface area contributed by atoms with Gasteiger partial charge in [0.25, 0.3) is 0 Å². The van der Waals surface area contributed by atoms with Crippen molar-refractivity contribution < 1.29 is 14.7 Å². The molecule has 2 unspecified atom stereocenters. The highest BCUT2D eigenvalue weighted by Gasteiger charge is 2.21. The third-order valence-electron chi connectivity index (χ3n) is 3.72. The number of nitrogens with zero attached hydrogens (tertiary/aromatic N) is 1. The van der Waals surface area contributed by atoms with E-state index in [4.69, 9.17) is 5.11 Å². The molecule has 1 aliphatic rings. The molecule has 1 rings (SSSR count). The molecule has 2 amide bonds. The summed E-state index contributed by atoms with van der Waals surface area (Å²) in [6, 6.07) is -0.269. The number of hydrogen-bond donors (Lipinski definition) is 3. The summed E-state index contributed by atoms with van der Waals surface area (Å²) in [5.74, 6) is -0.864. The molecule has 1 heterocycles. The summed E-state index contributed by atoms with van der Waals surface area (Å²) in [4.78, 5) is 24.7. The zero-order chi connectivity index (χ0) is 14.3. The predicted octanol–water partition coefficient (Wildman–Crippen LogP) is 0.738. The van der Waals surface area contributed by atoms with Crippen LogP contribution in [-0.4, -0.2) is 54.7 Å². The van der Waals surface area contributed by atoms with E-state index >= 15 is 0 Å². The maximum atomic E-state index is 11.6. The summed E-state index contributed by atoms with van der Waals surface area (Å²) in [7, 11) is 0. The Morgan fingerprint density at radius 1 is 1.37 bits per heavy atom. The van der Waals surface area contributed by atoms with Gasteiger partial charge in [0.1, 0.15) is 0 Å². The fourth-order valence-electron chi connectivity index (χ4n) is 2.29. The Morgan fingerprint density at radius 2 is 2.11 bits per heavy atom. The van der Waals surface area contributed by atoms with Crippen LogP contribution < -0.4 is 10.6 Å². The fraction of sp³-hybridized carbons (Fsp3) is 0.846. The summed E-state index contributed by atoms with van der Waals surface area (Å²) >= 11 is 0. The fourth-order valence-corrected chi connectivity index (χ4v) is 2.29. The third kappa shape index (κ3) is 5.46. The van der Waals surface area contributed by atoms with Gasteiger partial charge >= 0.3 is 12.0 Å². The highest BCUT2D eigenvalue weighted by molar-refractivity contribution is 5.75. The number of carbonyl (C=O) groups excluding carboxylic acids is 1. The first-order chi connectivity index (χ1) is 9.06. The maximum absolute atomic E-state index is 11.6. The van der Waals surface area contributed by atoms with E-state index in [-0.39, 0.29) is 12.6 Å². The van der Waals surface area contributed by atoms with Gasteiger partial charge in [0.05, 0.1) is 5.92 Å². The lowest BCUT2D eigenvalue weighted by Crippen LogP contribution is -2.41. The van der Waals surface area contributed by atoms with Crippen LogP contribution in [0.1, 0.15) is 26.7 Å². The van der Waals surface area contributed by atoms with Crippen molar-refractivity contribution in [1.29, 1.82) is 0 Å². The summed E-state index contributed by atoms with van der Waals surface area (Å²) in [6.07, 6.45) is 1.63. The van der Waals surface area contributed by atoms with Crippen molar-refractivity contribution >= 4 is 12.0 Å². The van der Waals surface area contributed by atoms with Gasteiger partial charge in [-0.25, -0.2) is 4.79 Å². The second kappa shape index (κ2) is 7.99. The van der Waals surface area contributed by atoms with Crippen LogP contribution in [0, 0.1) is 11.8 Å². The molecule has 2 atom stereocenters. The first kappa shape index (κ1) is 15.8. The summed E-state index contributed by atoms with van der Waals surface area (Å²) in [5.41, 5.74) is 0. The zero-order valence-corrected chi connectivity index (χ0v) is 11.8. The van der Waals surface area contributed by atoms with Crippen molar-refractivity contribution in [3.63, 3.8) is 0 Å². The number of likely N-dealkylation sites (tertiary alicyclic amines) is 1. The predicted molar refractivity (Wildman–Crippen MR) is 73.0 cm³/mol. The van der Waals surface area contributed by atoms with Crippen molar-refractivity contribution in [2.45, 2.75) is 26.7 Å². The Labute approximate surface area is 114 Å². The van der Waals surface area contributed by atoms with E-state index in [1.165, 1.54) is 0 Å². The quantitative estimate of drug-likeness (QED) is 0.638. The Bertz CT molecular complexity index is 310. The summed E-state index contributed by atoms with van der Waals surface area (Å²) in [6.45, 7) is 7.97. The number of nitrogens with one attached hydrogen (secondary N) is 2. The van der Waals surface area contributed by atoms with Gasteiger partial charge in [-0.05, 0) is 31.8 Å². The number of rotatable bonds is 7. The number of urea groups is 1. The van der Waals surface area contributed by atoms with Crippen molar-refractivity contribution in [3.05, 3.63) is 0 Å². The molecular formula is C13H25N3O3. The molecule has 6 nitrogen and oxygen atoms in total. The number of amides is 2. The molecular weight excluding hydrogens is 246 g/mol. The standard InChI is InChI=1S/C13H25N3O3/c1-3-11(12(17)18)8-15-13(19)14-7-10-5-6-16(4-2)9-10/h10-11H,3-9H2,1-2H3,(H,17,18)(H2,14,15,19). The molecule has 0 aromatic rings. The number of aliphatic carboxylic acids is 1. The van der Waals surface area contributed by atoms with E-state index in [2.05, 4.69) is 22.5 Å². The Balaban J connectivity index is 2.16. The van der Waals surface area contributed by atoms with Crippen molar-refractivity contribution in [2.75, 3.05) is 32.7 Å². The molecule has 110 valence electrons. The molecule has 3 N–H and O–H groups in total. The van der Waals surface area contributed by atoms with E-state index in [1.807, 2.05) is 0 Å². The largest absolute Gasteiger partial charge is 0.481 e. The van der Waals surface area contributed by atoms with Gasteiger partial charge in [-0.3, -0.25) is 4.79 Å². The average Bonchev–Trinajstić information content (AvgIpc) is 2.84. The van der Waals surface area contributed by atoms with E-state index in [1.54, 1.807) is 6.92 Å². The van der Waals surface area contributed by atoms with Gasteiger partial charge in [-0.15, -0.1) is 0 Å². The lowest BCUT2D eigenvalue weighted by atomic mass is 10.1. The van der Waals surface area contributed by atoms with Gasteiger partial charge < -0.3 is 20.6 Å². The van der Waals surface area contributed by atoms with Crippen LogP contribution in [0.3, 0.4) is 0 Å². The molecule has 0 aromatic carbocycles. The number of carbonyl (C=O) groups is 2. The molecule has 1 saturated heterocycles. The minimum atomic E-state index is -0.864. The molecule has 0 aliphatic carbocycles. The van der Waals surface area contributed by atoms with Crippen LogP contribution in [0.5, 0.6) is 0 Å². The van der Waals surface area contributed by atoms with E-state index in [9.17, 15) is 9.59 Å². The molecule has 19 heavy (non-hydrogen) atoms. The molecule has 0 aromatic heterocycles. The van der Waals surface area contributed by atoms with E-state index < -0.39 is 11.9 Å². The Morgan fingerprint density at radius 3 is 2.63 bits per heavy atom. The van der Waals surface area contributed by atoms with Crippen molar-refractivity contribution in [2.24, 2.45) is 11.8 Å². The van der Waals surface area contributed by atoms with Crippen LogP contribution in [0.4, 0.5) is 4.79 Å². The Hall–Kier alpha value is -1.30. The topological polar surface area (TPSA) is 81.7 Å². The highest BCUT2D eigenvalue weighted by Crippen LogP contribution is 2.14. The van der Waals surface area contributed by atoms with E-state index in [0.717, 1.165) is 26.1 Å². The van der Waals surface area contributed by atoms with Gasteiger partial charge in [0.15, 0.2) is 0 Å². The van der Waals surface area contributed by atoms with Crippen LogP contribution in [-0.2, 0) is 4.79 Å². The molecule has 0 spiro atoms. The summed E-state index contributed by atoms with van der Waals surface area (Å²) < 4.78 is 0.